The average Bonchev–Trinajstić information content (AvgIpc) is 2.53. The molecule has 0 spiro atoms. The lowest BCUT2D eigenvalue weighted by molar-refractivity contribution is -0.116. The summed E-state index contributed by atoms with van der Waals surface area (Å²) < 4.78 is 18.5. The van der Waals surface area contributed by atoms with Crippen molar-refractivity contribution in [2.24, 2.45) is 0 Å². The number of hydrogen-bond acceptors (Lipinski definition) is 2. The number of rotatable bonds is 6. The van der Waals surface area contributed by atoms with E-state index in [2.05, 4.69) is 38.2 Å². The van der Waals surface area contributed by atoms with E-state index < -0.39 is 0 Å². The van der Waals surface area contributed by atoms with E-state index in [1.165, 1.54) is 17.7 Å². The van der Waals surface area contributed by atoms with Gasteiger partial charge in [-0.15, -0.1) is 0 Å². The molecule has 128 valence electrons. The van der Waals surface area contributed by atoms with Crippen LogP contribution >= 0.6 is 0 Å². The minimum Gasteiger partial charge on any atom is -0.494 e. The van der Waals surface area contributed by atoms with Gasteiger partial charge in [0.05, 0.1) is 6.61 Å². The molecule has 0 saturated heterocycles. The molecule has 1 N–H and O–H groups in total. The zero-order valence-electron chi connectivity index (χ0n) is 14.4. The molecule has 0 bridgehead atoms. The third kappa shape index (κ3) is 5.69. The van der Waals surface area contributed by atoms with Crippen LogP contribution in [0.3, 0.4) is 0 Å². The summed E-state index contributed by atoms with van der Waals surface area (Å²) in [6.07, 6.45) is 0.978. The largest absolute Gasteiger partial charge is 0.494 e. The minimum absolute atomic E-state index is 0.103. The average molecular weight is 329 g/mol. The molecule has 0 aromatic heterocycles. The normalized spacial score (nSPS) is 11.2. The molecule has 0 aliphatic carbocycles. The van der Waals surface area contributed by atoms with Gasteiger partial charge >= 0.3 is 0 Å². The second kappa shape index (κ2) is 7.95. The van der Waals surface area contributed by atoms with Crippen LogP contribution < -0.4 is 10.1 Å². The lowest BCUT2D eigenvalue weighted by Gasteiger charge is -2.19. The molecule has 0 fully saturated rings. The highest BCUT2D eigenvalue weighted by Gasteiger charge is 2.12. The van der Waals surface area contributed by atoms with Crippen LogP contribution in [0.15, 0.2) is 48.5 Å². The predicted octanol–water partition coefficient (Wildman–Crippen LogP) is 4.92. The first-order chi connectivity index (χ1) is 11.3. The fourth-order valence-corrected chi connectivity index (χ4v) is 2.23. The van der Waals surface area contributed by atoms with Crippen molar-refractivity contribution >= 4 is 11.6 Å². The molecule has 2 rings (SSSR count). The molecule has 2 aromatic rings. The van der Waals surface area contributed by atoms with E-state index in [0.717, 1.165) is 5.75 Å². The summed E-state index contributed by atoms with van der Waals surface area (Å²) in [4.78, 5) is 11.8. The van der Waals surface area contributed by atoms with E-state index in [1.807, 2.05) is 12.1 Å². The molecule has 24 heavy (non-hydrogen) atoms. The van der Waals surface area contributed by atoms with Gasteiger partial charge < -0.3 is 10.1 Å². The Morgan fingerprint density at radius 3 is 2.25 bits per heavy atom. The summed E-state index contributed by atoms with van der Waals surface area (Å²) in [6, 6.07) is 13.8. The van der Waals surface area contributed by atoms with Crippen LogP contribution in [0.5, 0.6) is 5.75 Å². The monoisotopic (exact) mass is 329 g/mol. The molecular weight excluding hydrogens is 305 g/mol. The zero-order valence-corrected chi connectivity index (χ0v) is 14.4. The van der Waals surface area contributed by atoms with Gasteiger partial charge in [-0.25, -0.2) is 4.39 Å². The highest BCUT2D eigenvalue weighted by atomic mass is 19.1. The van der Waals surface area contributed by atoms with Crippen molar-refractivity contribution in [1.82, 2.24) is 0 Å². The SMILES string of the molecule is CC(C)(C)c1ccc(OCCCC(=O)Nc2ccc(F)cc2)cc1. The Bertz CT molecular complexity index is 658. The van der Waals surface area contributed by atoms with Gasteiger partial charge in [0.25, 0.3) is 0 Å². The van der Waals surface area contributed by atoms with Gasteiger partial charge in [0, 0.05) is 12.1 Å². The fourth-order valence-electron chi connectivity index (χ4n) is 2.23. The van der Waals surface area contributed by atoms with E-state index in [0.29, 0.717) is 25.1 Å². The highest BCUT2D eigenvalue weighted by Crippen LogP contribution is 2.24. The number of carbonyl (C=O) groups is 1. The second-order valence-electron chi connectivity index (χ2n) is 6.78. The maximum absolute atomic E-state index is 12.8. The van der Waals surface area contributed by atoms with Crippen LogP contribution in [-0.2, 0) is 10.2 Å². The standard InChI is InChI=1S/C20H24FNO2/c1-20(2,3)15-6-12-18(13-7-15)24-14-4-5-19(23)22-17-10-8-16(21)9-11-17/h6-13H,4-5,14H2,1-3H3,(H,22,23). The molecular formula is C20H24FNO2. The molecule has 4 heteroatoms. The van der Waals surface area contributed by atoms with Crippen molar-refractivity contribution in [3.05, 3.63) is 59.9 Å². The molecule has 0 heterocycles. The van der Waals surface area contributed by atoms with Crippen molar-refractivity contribution in [3.8, 4) is 5.75 Å². The van der Waals surface area contributed by atoms with Crippen LogP contribution in [0.2, 0.25) is 0 Å². The minimum atomic E-state index is -0.320. The lowest BCUT2D eigenvalue weighted by atomic mass is 9.87. The molecule has 0 atom stereocenters. The van der Waals surface area contributed by atoms with E-state index in [-0.39, 0.29) is 17.1 Å². The first-order valence-corrected chi connectivity index (χ1v) is 8.13. The number of benzene rings is 2. The van der Waals surface area contributed by atoms with E-state index >= 15 is 0 Å². The Kier molecular flexibility index (Phi) is 5.96. The van der Waals surface area contributed by atoms with Gasteiger partial charge in [-0.2, -0.15) is 0 Å². The van der Waals surface area contributed by atoms with E-state index in [1.54, 1.807) is 12.1 Å². The van der Waals surface area contributed by atoms with Gasteiger partial charge in [-0.05, 0) is 53.8 Å². The van der Waals surface area contributed by atoms with Crippen molar-refractivity contribution in [3.63, 3.8) is 0 Å². The summed E-state index contributed by atoms with van der Waals surface area (Å²) in [6.45, 7) is 6.99. The molecule has 2 aromatic carbocycles. The Balaban J connectivity index is 1.70. The first-order valence-electron chi connectivity index (χ1n) is 8.13. The summed E-state index contributed by atoms with van der Waals surface area (Å²) in [7, 11) is 0. The molecule has 0 radical (unpaired) electrons. The van der Waals surface area contributed by atoms with Crippen LogP contribution in [-0.4, -0.2) is 12.5 Å². The maximum Gasteiger partial charge on any atom is 0.224 e. The predicted molar refractivity (Wildman–Crippen MR) is 94.9 cm³/mol. The number of halogens is 1. The molecule has 0 aliphatic heterocycles. The molecule has 1 amide bonds. The smallest absolute Gasteiger partial charge is 0.224 e. The third-order valence-electron chi connectivity index (χ3n) is 3.67. The van der Waals surface area contributed by atoms with Crippen LogP contribution in [0, 0.1) is 5.82 Å². The van der Waals surface area contributed by atoms with Gasteiger partial charge in [0.2, 0.25) is 5.91 Å². The topological polar surface area (TPSA) is 38.3 Å². The number of nitrogens with one attached hydrogen (secondary N) is 1. The van der Waals surface area contributed by atoms with E-state index in [4.69, 9.17) is 4.74 Å². The molecule has 0 unspecified atom stereocenters. The zero-order chi connectivity index (χ0) is 17.6. The first kappa shape index (κ1) is 18.0. The van der Waals surface area contributed by atoms with Gasteiger partial charge in [0.1, 0.15) is 11.6 Å². The number of carbonyl (C=O) groups excluding carboxylic acids is 1. The number of hydrogen-bond donors (Lipinski definition) is 1. The lowest BCUT2D eigenvalue weighted by Crippen LogP contribution is -2.13. The maximum atomic E-state index is 12.8. The number of ether oxygens (including phenoxy) is 1. The van der Waals surface area contributed by atoms with Crippen molar-refractivity contribution in [2.45, 2.75) is 39.0 Å². The Morgan fingerprint density at radius 2 is 1.67 bits per heavy atom. The Morgan fingerprint density at radius 1 is 1.04 bits per heavy atom. The molecule has 0 aliphatic rings. The van der Waals surface area contributed by atoms with Crippen LogP contribution in [0.25, 0.3) is 0 Å². The second-order valence-corrected chi connectivity index (χ2v) is 6.78. The van der Waals surface area contributed by atoms with Gasteiger partial charge in [-0.1, -0.05) is 32.9 Å². The molecule has 3 nitrogen and oxygen atoms in total. The number of anilines is 1. The molecule has 0 saturated carbocycles. The Labute approximate surface area is 142 Å². The van der Waals surface area contributed by atoms with Gasteiger partial charge in [-0.3, -0.25) is 4.79 Å². The highest BCUT2D eigenvalue weighted by molar-refractivity contribution is 5.90. The quantitative estimate of drug-likeness (QED) is 0.764. The van der Waals surface area contributed by atoms with E-state index in [9.17, 15) is 9.18 Å². The summed E-state index contributed by atoms with van der Waals surface area (Å²) >= 11 is 0. The number of amides is 1. The Hall–Kier alpha value is -2.36. The fraction of sp³-hybridized carbons (Fsp3) is 0.350. The third-order valence-corrected chi connectivity index (χ3v) is 3.67. The van der Waals surface area contributed by atoms with Crippen molar-refractivity contribution in [2.75, 3.05) is 11.9 Å². The van der Waals surface area contributed by atoms with Crippen LogP contribution in [0.4, 0.5) is 10.1 Å². The van der Waals surface area contributed by atoms with Crippen molar-refractivity contribution in [1.29, 1.82) is 0 Å². The van der Waals surface area contributed by atoms with Crippen LogP contribution in [0.1, 0.15) is 39.2 Å². The summed E-state index contributed by atoms with van der Waals surface area (Å²) in [5, 5.41) is 2.73. The summed E-state index contributed by atoms with van der Waals surface area (Å²) in [5.41, 5.74) is 1.98. The van der Waals surface area contributed by atoms with Crippen molar-refractivity contribution < 1.29 is 13.9 Å². The summed E-state index contributed by atoms with van der Waals surface area (Å²) in [5.74, 6) is 0.383. The van der Waals surface area contributed by atoms with Gasteiger partial charge in [0.15, 0.2) is 0 Å².